The lowest BCUT2D eigenvalue weighted by atomic mass is 9.60. The zero-order chi connectivity index (χ0) is 24.3. The van der Waals surface area contributed by atoms with Crippen molar-refractivity contribution < 1.29 is 28.9 Å². The number of nitrogens with zero attached hydrogens (tertiary/aromatic N) is 3. The van der Waals surface area contributed by atoms with Gasteiger partial charge in [-0.05, 0) is 47.9 Å². The second-order valence-corrected chi connectivity index (χ2v) is 9.50. The number of nitrogens with one attached hydrogen (secondary N) is 3. The third-order valence-electron chi connectivity index (χ3n) is 7.53. The van der Waals surface area contributed by atoms with E-state index in [0.29, 0.717) is 61.0 Å². The van der Waals surface area contributed by atoms with E-state index >= 15 is 0 Å². The average molecular weight is 490 g/mol. The molecule has 0 bridgehead atoms. The van der Waals surface area contributed by atoms with Gasteiger partial charge in [-0.25, -0.2) is 4.98 Å². The first-order valence-corrected chi connectivity index (χ1v) is 11.4. The first-order valence-electron chi connectivity index (χ1n) is 11.4. The van der Waals surface area contributed by atoms with Crippen LogP contribution < -0.4 is 21.1 Å². The lowest BCUT2D eigenvalue weighted by Crippen LogP contribution is -2.44. The number of pyridine rings is 1. The number of hydrazine groups is 2. The molecule has 12 heteroatoms. The Kier molecular flexibility index (Phi) is 5.02. The number of ether oxygens (including phenoxy) is 1. The fourth-order valence-corrected chi connectivity index (χ4v) is 5.88. The number of benzene rings is 1. The van der Waals surface area contributed by atoms with Crippen molar-refractivity contribution in [1.82, 2.24) is 20.3 Å². The molecule has 4 heterocycles. The zero-order valence-electron chi connectivity index (χ0n) is 18.5. The van der Waals surface area contributed by atoms with Crippen LogP contribution >= 0.6 is 0 Å². The van der Waals surface area contributed by atoms with E-state index in [1.54, 1.807) is 4.90 Å². The Morgan fingerprint density at radius 1 is 0.914 bits per heavy atom. The topological polar surface area (TPSA) is 98.8 Å². The summed E-state index contributed by atoms with van der Waals surface area (Å²) in [6.45, 7) is 1.15. The van der Waals surface area contributed by atoms with E-state index in [2.05, 4.69) is 26.1 Å². The third kappa shape index (κ3) is 3.91. The molecule has 4 atom stereocenters. The van der Waals surface area contributed by atoms with Gasteiger partial charge in [0.1, 0.15) is 0 Å². The summed E-state index contributed by atoms with van der Waals surface area (Å²) in [5.41, 5.74) is 11.4. The molecule has 35 heavy (non-hydrogen) atoms. The van der Waals surface area contributed by atoms with Crippen LogP contribution in [0.15, 0.2) is 36.5 Å². The highest BCUT2D eigenvalue weighted by molar-refractivity contribution is 5.97. The number of carbonyl (C=O) groups excluding carboxylic acids is 2. The van der Waals surface area contributed by atoms with Gasteiger partial charge in [0.15, 0.2) is 6.61 Å². The van der Waals surface area contributed by atoms with Crippen molar-refractivity contribution in [2.24, 2.45) is 23.7 Å². The standard InChI is InChI=1S/C23H23F3N6O3.H2/c24-23(25,26)11-35-20-4-2-13(6-27-20)22(34)32-9-16-14-7-31(8-15(14)17(16)10-32)21(33)12-1-3-18-19(5-12)29-30-28-18;/h1-6,14-17,28-30H,7-11H2;1H/t14-,15+,16+,17?;/m1./s1. The molecule has 0 spiro atoms. The second-order valence-electron chi connectivity index (χ2n) is 9.50. The predicted molar refractivity (Wildman–Crippen MR) is 120 cm³/mol. The third-order valence-corrected chi connectivity index (χ3v) is 7.53. The number of hydrogen-bond donors (Lipinski definition) is 3. The summed E-state index contributed by atoms with van der Waals surface area (Å²) in [5.74, 6) is 1.08. The molecular formula is C23H25F3N6O3. The molecule has 3 aliphatic heterocycles. The van der Waals surface area contributed by atoms with Crippen molar-refractivity contribution >= 4 is 23.2 Å². The molecule has 1 unspecified atom stereocenters. The monoisotopic (exact) mass is 490 g/mol. The Labute approximate surface area is 200 Å². The van der Waals surface area contributed by atoms with E-state index in [1.807, 2.05) is 23.1 Å². The average Bonchev–Trinajstić information content (AvgIpc) is 3.55. The number of likely N-dealkylation sites (tertiary alicyclic amines) is 2. The molecule has 4 aliphatic rings. The van der Waals surface area contributed by atoms with Crippen LogP contribution in [-0.4, -0.2) is 65.6 Å². The summed E-state index contributed by atoms with van der Waals surface area (Å²) < 4.78 is 41.5. The van der Waals surface area contributed by atoms with Gasteiger partial charge in [0.05, 0.1) is 16.9 Å². The van der Waals surface area contributed by atoms with Gasteiger partial charge in [0, 0.05) is 45.4 Å². The molecule has 6 rings (SSSR count). The Morgan fingerprint density at radius 3 is 2.06 bits per heavy atom. The van der Waals surface area contributed by atoms with E-state index in [0.717, 1.165) is 11.4 Å². The zero-order valence-corrected chi connectivity index (χ0v) is 18.5. The van der Waals surface area contributed by atoms with E-state index < -0.39 is 12.8 Å². The van der Waals surface area contributed by atoms with Gasteiger partial charge in [0.25, 0.3) is 11.8 Å². The molecule has 1 aromatic heterocycles. The number of anilines is 2. The van der Waals surface area contributed by atoms with Crippen LogP contribution in [0, 0.1) is 23.7 Å². The molecule has 2 aromatic rings. The van der Waals surface area contributed by atoms with Gasteiger partial charge in [-0.1, -0.05) is 0 Å². The lowest BCUT2D eigenvalue weighted by Gasteiger charge is -2.42. The summed E-state index contributed by atoms with van der Waals surface area (Å²) in [5, 5.41) is 0. The number of amides is 2. The summed E-state index contributed by atoms with van der Waals surface area (Å²) in [4.78, 5) is 33.6. The summed E-state index contributed by atoms with van der Waals surface area (Å²) in [6.07, 6.45) is -3.19. The number of hydrogen-bond acceptors (Lipinski definition) is 7. The van der Waals surface area contributed by atoms with Crippen molar-refractivity contribution in [3.63, 3.8) is 0 Å². The minimum Gasteiger partial charge on any atom is -0.468 e. The number of aromatic nitrogens is 1. The molecule has 9 nitrogen and oxygen atoms in total. The van der Waals surface area contributed by atoms with Crippen molar-refractivity contribution in [2.75, 3.05) is 43.6 Å². The van der Waals surface area contributed by atoms with Gasteiger partial charge >= 0.3 is 6.18 Å². The number of alkyl halides is 3. The number of carbonyl (C=O) groups is 2. The van der Waals surface area contributed by atoms with Crippen LogP contribution in [-0.2, 0) is 0 Å². The Hall–Kier alpha value is -3.54. The molecule has 1 saturated carbocycles. The minimum absolute atomic E-state index is 0. The van der Waals surface area contributed by atoms with Gasteiger partial charge in [-0.15, -0.1) is 5.53 Å². The normalized spacial score (nSPS) is 26.3. The molecule has 1 aromatic carbocycles. The number of fused-ring (bicyclic) bond motifs is 5. The van der Waals surface area contributed by atoms with Crippen LogP contribution in [0.4, 0.5) is 24.5 Å². The Balaban J connectivity index is 0.00000267. The van der Waals surface area contributed by atoms with Gasteiger partial charge < -0.3 is 25.4 Å². The smallest absolute Gasteiger partial charge is 0.422 e. The van der Waals surface area contributed by atoms with Crippen LogP contribution in [0.25, 0.3) is 0 Å². The van der Waals surface area contributed by atoms with Crippen molar-refractivity contribution in [3.05, 3.63) is 47.7 Å². The molecule has 0 radical (unpaired) electrons. The van der Waals surface area contributed by atoms with E-state index in [1.165, 1.54) is 18.3 Å². The summed E-state index contributed by atoms with van der Waals surface area (Å²) in [6, 6.07) is 8.24. The predicted octanol–water partition coefficient (Wildman–Crippen LogP) is 2.62. The maximum atomic E-state index is 13.1. The highest BCUT2D eigenvalue weighted by Gasteiger charge is 2.59. The molecular weight excluding hydrogens is 465 g/mol. The van der Waals surface area contributed by atoms with Crippen molar-refractivity contribution in [1.29, 1.82) is 0 Å². The summed E-state index contributed by atoms with van der Waals surface area (Å²) in [7, 11) is 0. The molecule has 2 amide bonds. The SMILES string of the molecule is O=C(c1ccc(OCC(F)(F)F)nc1)N1CC2[C@@H](C1)[C@@H]1CN(C(=O)c3ccc4c(c3)NNN4)C[C@H]21.[HH]. The minimum atomic E-state index is -4.45. The first-order chi connectivity index (χ1) is 16.8. The highest BCUT2D eigenvalue weighted by atomic mass is 19.4. The maximum Gasteiger partial charge on any atom is 0.422 e. The highest BCUT2D eigenvalue weighted by Crippen LogP contribution is 2.54. The van der Waals surface area contributed by atoms with Crippen LogP contribution in [0.2, 0.25) is 0 Å². The number of rotatable bonds is 4. The van der Waals surface area contributed by atoms with Crippen molar-refractivity contribution in [3.8, 4) is 5.88 Å². The maximum absolute atomic E-state index is 13.1. The van der Waals surface area contributed by atoms with E-state index in [9.17, 15) is 22.8 Å². The molecule has 3 fully saturated rings. The van der Waals surface area contributed by atoms with Gasteiger partial charge in [-0.2, -0.15) is 13.2 Å². The number of halogens is 3. The lowest BCUT2D eigenvalue weighted by molar-refractivity contribution is -0.154. The Bertz CT molecular complexity index is 1160. The molecule has 3 N–H and O–H groups in total. The molecule has 1 aliphatic carbocycles. The largest absolute Gasteiger partial charge is 0.468 e. The fraction of sp³-hybridized carbons (Fsp3) is 0.435. The fourth-order valence-electron chi connectivity index (χ4n) is 5.88. The Morgan fingerprint density at radius 2 is 1.49 bits per heavy atom. The molecule has 2 saturated heterocycles. The van der Waals surface area contributed by atoms with E-state index in [4.69, 9.17) is 0 Å². The van der Waals surface area contributed by atoms with Crippen LogP contribution in [0.5, 0.6) is 5.88 Å². The van der Waals surface area contributed by atoms with E-state index in [-0.39, 0.29) is 19.1 Å². The van der Waals surface area contributed by atoms with Crippen LogP contribution in [0.1, 0.15) is 22.1 Å². The quantitative estimate of drug-likeness (QED) is 0.606. The summed E-state index contributed by atoms with van der Waals surface area (Å²) >= 11 is 0. The van der Waals surface area contributed by atoms with Crippen LogP contribution in [0.3, 0.4) is 0 Å². The van der Waals surface area contributed by atoms with Crippen molar-refractivity contribution in [2.45, 2.75) is 6.18 Å². The van der Waals surface area contributed by atoms with Gasteiger partial charge in [-0.3, -0.25) is 9.59 Å². The van der Waals surface area contributed by atoms with Gasteiger partial charge in [0.2, 0.25) is 5.88 Å². The molecule has 186 valence electrons. The second kappa shape index (κ2) is 8.01. The first kappa shape index (κ1) is 22.0.